The second kappa shape index (κ2) is 13.0. The van der Waals surface area contributed by atoms with Crippen molar-refractivity contribution in [3.8, 4) is 0 Å². The summed E-state index contributed by atoms with van der Waals surface area (Å²) in [6.45, 7) is 5.09. The van der Waals surface area contributed by atoms with Crippen molar-refractivity contribution < 1.29 is 27.5 Å². The molecule has 0 fully saturated rings. The molecule has 0 aliphatic heterocycles. The Balaban J connectivity index is 4.37. The zero-order chi connectivity index (χ0) is 14.4. The summed E-state index contributed by atoms with van der Waals surface area (Å²) >= 11 is 0. The van der Waals surface area contributed by atoms with Gasteiger partial charge in [-0.3, -0.25) is 0 Å². The Morgan fingerprint density at radius 2 is 1.00 bits per heavy atom. The lowest BCUT2D eigenvalue weighted by Gasteiger charge is -2.29. The zero-order valence-corrected chi connectivity index (χ0v) is 13.6. The summed E-state index contributed by atoms with van der Waals surface area (Å²) in [4.78, 5) is 0. The Hall–Kier alpha value is -0.0231. The van der Waals surface area contributed by atoms with Gasteiger partial charge < -0.3 is 27.5 Å². The Kier molecular flexibility index (Phi) is 13.0. The van der Waals surface area contributed by atoms with Crippen molar-refractivity contribution in [2.45, 2.75) is 19.4 Å². The molecule has 0 spiro atoms. The minimum atomic E-state index is -2.65. The molecule has 0 aromatic carbocycles. The SMILES string of the molecule is CCC[Si](OCCOC)(OCCOC)OCCOC. The van der Waals surface area contributed by atoms with Crippen LogP contribution in [-0.4, -0.2) is 69.8 Å². The van der Waals surface area contributed by atoms with Gasteiger partial charge in [0.15, 0.2) is 0 Å². The van der Waals surface area contributed by atoms with Crippen molar-refractivity contribution in [2.24, 2.45) is 0 Å². The van der Waals surface area contributed by atoms with Crippen LogP contribution in [0, 0.1) is 0 Å². The molecule has 0 aliphatic rings. The van der Waals surface area contributed by atoms with E-state index < -0.39 is 8.80 Å². The van der Waals surface area contributed by atoms with E-state index in [1.807, 2.05) is 0 Å². The Labute approximate surface area is 117 Å². The van der Waals surface area contributed by atoms with Crippen LogP contribution in [0.4, 0.5) is 0 Å². The predicted molar refractivity (Wildman–Crippen MR) is 74.3 cm³/mol. The maximum Gasteiger partial charge on any atom is 0.501 e. The van der Waals surface area contributed by atoms with Gasteiger partial charge in [0.1, 0.15) is 0 Å². The van der Waals surface area contributed by atoms with Crippen molar-refractivity contribution in [3.63, 3.8) is 0 Å². The molecule has 0 saturated carbocycles. The van der Waals surface area contributed by atoms with Crippen molar-refractivity contribution in [2.75, 3.05) is 61.0 Å². The largest absolute Gasteiger partial charge is 0.501 e. The molecule has 0 aromatic rings. The maximum atomic E-state index is 5.86. The van der Waals surface area contributed by atoms with Crippen LogP contribution in [0.25, 0.3) is 0 Å². The predicted octanol–water partition coefficient (Wildman–Crippen LogP) is 1.32. The molecule has 0 amide bonds. The van der Waals surface area contributed by atoms with E-state index in [-0.39, 0.29) is 0 Å². The molecule has 116 valence electrons. The molecule has 0 atom stereocenters. The Morgan fingerprint density at radius 1 is 0.632 bits per heavy atom. The zero-order valence-electron chi connectivity index (χ0n) is 12.6. The fourth-order valence-electron chi connectivity index (χ4n) is 1.49. The molecule has 6 nitrogen and oxygen atoms in total. The van der Waals surface area contributed by atoms with Gasteiger partial charge in [-0.25, -0.2) is 0 Å². The summed E-state index contributed by atoms with van der Waals surface area (Å²) in [6, 6.07) is 0.782. The first-order valence-electron chi connectivity index (χ1n) is 6.63. The van der Waals surface area contributed by atoms with Crippen LogP contribution in [0.15, 0.2) is 0 Å². The minimum absolute atomic E-state index is 0.475. The molecule has 0 bridgehead atoms. The van der Waals surface area contributed by atoms with Crippen LogP contribution in [0.2, 0.25) is 6.04 Å². The van der Waals surface area contributed by atoms with Gasteiger partial charge in [0.25, 0.3) is 0 Å². The monoisotopic (exact) mass is 296 g/mol. The van der Waals surface area contributed by atoms with E-state index in [4.69, 9.17) is 27.5 Å². The molecule has 19 heavy (non-hydrogen) atoms. The van der Waals surface area contributed by atoms with E-state index in [2.05, 4.69) is 6.92 Å². The molecule has 0 rings (SSSR count). The van der Waals surface area contributed by atoms with E-state index in [0.29, 0.717) is 39.6 Å². The highest BCUT2D eigenvalue weighted by atomic mass is 28.4. The van der Waals surface area contributed by atoms with Gasteiger partial charge in [0.05, 0.1) is 39.6 Å². The lowest BCUT2D eigenvalue weighted by atomic mass is 10.6. The van der Waals surface area contributed by atoms with E-state index in [9.17, 15) is 0 Å². The number of hydrogen-bond donors (Lipinski definition) is 0. The summed E-state index contributed by atoms with van der Waals surface area (Å²) in [5.74, 6) is 0. The third kappa shape index (κ3) is 9.50. The maximum absolute atomic E-state index is 5.86. The number of methoxy groups -OCH3 is 3. The average molecular weight is 296 g/mol. The molecule has 0 unspecified atom stereocenters. The molecule has 0 radical (unpaired) electrons. The van der Waals surface area contributed by atoms with E-state index >= 15 is 0 Å². The number of ether oxygens (including phenoxy) is 3. The van der Waals surface area contributed by atoms with Crippen molar-refractivity contribution in [3.05, 3.63) is 0 Å². The normalized spacial score (nSPS) is 12.0. The molecule has 7 heteroatoms. The molecule has 0 saturated heterocycles. The summed E-state index contributed by atoms with van der Waals surface area (Å²) in [6.07, 6.45) is 0.944. The quantitative estimate of drug-likeness (QED) is 0.356. The van der Waals surface area contributed by atoms with Gasteiger partial charge in [-0.1, -0.05) is 13.3 Å². The van der Waals surface area contributed by atoms with E-state index in [0.717, 1.165) is 12.5 Å². The number of rotatable bonds is 14. The lowest BCUT2D eigenvalue weighted by Crippen LogP contribution is -2.47. The fourth-order valence-corrected chi connectivity index (χ4v) is 3.97. The summed E-state index contributed by atoms with van der Waals surface area (Å²) < 4.78 is 32.6. The van der Waals surface area contributed by atoms with Crippen LogP contribution in [0.1, 0.15) is 13.3 Å². The highest BCUT2D eigenvalue weighted by Gasteiger charge is 2.40. The van der Waals surface area contributed by atoms with Crippen LogP contribution >= 0.6 is 0 Å². The first-order valence-corrected chi connectivity index (χ1v) is 8.56. The first-order chi connectivity index (χ1) is 9.24. The van der Waals surface area contributed by atoms with Gasteiger partial charge in [0, 0.05) is 27.4 Å². The summed E-state index contributed by atoms with van der Waals surface area (Å²) in [5.41, 5.74) is 0. The Morgan fingerprint density at radius 3 is 1.26 bits per heavy atom. The Bertz CT molecular complexity index is 167. The molecular formula is C12H28O6Si. The van der Waals surface area contributed by atoms with Gasteiger partial charge >= 0.3 is 8.80 Å². The van der Waals surface area contributed by atoms with Gasteiger partial charge in [0.2, 0.25) is 0 Å². The topological polar surface area (TPSA) is 55.4 Å². The molecule has 0 aromatic heterocycles. The highest BCUT2D eigenvalue weighted by molar-refractivity contribution is 6.60. The standard InChI is InChI=1S/C12H28O6Si/c1-5-12-19(16-9-6-13-2,17-10-7-14-3)18-11-8-15-4/h5-12H2,1-4H3. The summed E-state index contributed by atoms with van der Waals surface area (Å²) in [5, 5.41) is 0. The second-order valence-electron chi connectivity index (χ2n) is 3.96. The smallest absolute Gasteiger partial charge is 0.382 e. The first kappa shape index (κ1) is 19.0. The summed E-state index contributed by atoms with van der Waals surface area (Å²) in [7, 11) is 2.28. The molecular weight excluding hydrogens is 268 g/mol. The minimum Gasteiger partial charge on any atom is -0.382 e. The highest BCUT2D eigenvalue weighted by Crippen LogP contribution is 2.18. The molecule has 0 aliphatic carbocycles. The third-order valence-corrected chi connectivity index (χ3v) is 5.43. The van der Waals surface area contributed by atoms with Crippen LogP contribution in [0.5, 0.6) is 0 Å². The third-order valence-electron chi connectivity index (χ3n) is 2.38. The van der Waals surface area contributed by atoms with Crippen molar-refractivity contribution >= 4 is 8.80 Å². The van der Waals surface area contributed by atoms with Gasteiger partial charge in [-0.05, 0) is 0 Å². The van der Waals surface area contributed by atoms with Crippen molar-refractivity contribution in [1.29, 1.82) is 0 Å². The van der Waals surface area contributed by atoms with Gasteiger partial charge in [-0.2, -0.15) is 0 Å². The number of hydrogen-bond acceptors (Lipinski definition) is 6. The molecule has 0 heterocycles. The molecule has 0 N–H and O–H groups in total. The second-order valence-corrected chi connectivity index (χ2v) is 6.69. The lowest BCUT2D eigenvalue weighted by molar-refractivity contribution is 0.0145. The van der Waals surface area contributed by atoms with E-state index in [1.165, 1.54) is 0 Å². The fraction of sp³-hybridized carbons (Fsp3) is 1.00. The van der Waals surface area contributed by atoms with Crippen LogP contribution in [-0.2, 0) is 27.5 Å². The van der Waals surface area contributed by atoms with Crippen LogP contribution < -0.4 is 0 Å². The van der Waals surface area contributed by atoms with E-state index in [1.54, 1.807) is 21.3 Å². The average Bonchev–Trinajstić information content (AvgIpc) is 2.40. The van der Waals surface area contributed by atoms with Crippen molar-refractivity contribution in [1.82, 2.24) is 0 Å². The van der Waals surface area contributed by atoms with Gasteiger partial charge in [-0.15, -0.1) is 0 Å². The van der Waals surface area contributed by atoms with Crippen LogP contribution in [0.3, 0.4) is 0 Å².